The third-order valence-corrected chi connectivity index (χ3v) is 4.68. The van der Waals surface area contributed by atoms with E-state index in [1.165, 1.54) is 0 Å². The fourth-order valence-electron chi connectivity index (χ4n) is 2.84. The highest BCUT2D eigenvalue weighted by Crippen LogP contribution is 2.24. The molecular weight excluding hydrogens is 356 g/mol. The van der Waals surface area contributed by atoms with E-state index in [0.717, 1.165) is 29.9 Å². The molecule has 5 nitrogen and oxygen atoms in total. The zero-order valence-electron chi connectivity index (χ0n) is 14.2. The van der Waals surface area contributed by atoms with Crippen LogP contribution in [0.3, 0.4) is 0 Å². The summed E-state index contributed by atoms with van der Waals surface area (Å²) in [5.41, 5.74) is 2.13. The van der Waals surface area contributed by atoms with E-state index in [-0.39, 0.29) is 6.10 Å². The lowest BCUT2D eigenvalue weighted by Crippen LogP contribution is -2.24. The summed E-state index contributed by atoms with van der Waals surface area (Å²) < 4.78 is 11.1. The van der Waals surface area contributed by atoms with Crippen LogP contribution in [0.2, 0.25) is 5.02 Å². The molecule has 0 unspecified atom stereocenters. The summed E-state index contributed by atoms with van der Waals surface area (Å²) in [6.07, 6.45) is 0.135. The van der Waals surface area contributed by atoms with Crippen molar-refractivity contribution in [2.45, 2.75) is 25.0 Å². The van der Waals surface area contributed by atoms with Crippen molar-refractivity contribution in [2.75, 3.05) is 19.8 Å². The first-order valence-corrected chi connectivity index (χ1v) is 8.89. The van der Waals surface area contributed by atoms with Crippen LogP contribution in [0.15, 0.2) is 42.5 Å². The maximum Gasteiger partial charge on any atom is 0.193 e. The van der Waals surface area contributed by atoms with Crippen LogP contribution >= 0.6 is 11.6 Å². The molecule has 0 amide bonds. The van der Waals surface area contributed by atoms with E-state index in [9.17, 15) is 9.90 Å². The van der Waals surface area contributed by atoms with Gasteiger partial charge in [0.2, 0.25) is 0 Å². The smallest absolute Gasteiger partial charge is 0.193 e. The van der Waals surface area contributed by atoms with Gasteiger partial charge >= 0.3 is 0 Å². The van der Waals surface area contributed by atoms with Gasteiger partial charge in [0.25, 0.3) is 0 Å². The molecule has 1 saturated heterocycles. The molecule has 2 aromatic carbocycles. The summed E-state index contributed by atoms with van der Waals surface area (Å²) in [7, 11) is 0. The Labute approximate surface area is 157 Å². The summed E-state index contributed by atoms with van der Waals surface area (Å²) in [5, 5.41) is 19.0. The maximum atomic E-state index is 12.0. The molecule has 1 heterocycles. The summed E-state index contributed by atoms with van der Waals surface area (Å²) in [4.78, 5) is 12.0. The van der Waals surface area contributed by atoms with Crippen molar-refractivity contribution in [3.8, 4) is 5.75 Å². The van der Waals surface area contributed by atoms with Gasteiger partial charge in [-0.1, -0.05) is 23.7 Å². The average molecular weight is 377 g/mol. The minimum atomic E-state index is -1.42. The number of ether oxygens (including phenoxy) is 2. The predicted molar refractivity (Wildman–Crippen MR) is 98.0 cm³/mol. The molecule has 26 heavy (non-hydrogen) atoms. The second-order valence-electron chi connectivity index (χ2n) is 6.29. The normalized spacial score (nSPS) is 17.9. The zero-order valence-corrected chi connectivity index (χ0v) is 15.0. The molecule has 3 rings (SSSR count). The molecule has 1 fully saturated rings. The largest absolute Gasteiger partial charge is 0.488 e. The Balaban J connectivity index is 1.70. The van der Waals surface area contributed by atoms with Crippen LogP contribution in [0.1, 0.15) is 27.9 Å². The number of aliphatic hydroxyl groups is 2. The van der Waals surface area contributed by atoms with Crippen LogP contribution in [0.5, 0.6) is 5.75 Å². The lowest BCUT2D eigenvalue weighted by Gasteiger charge is -2.13. The summed E-state index contributed by atoms with van der Waals surface area (Å²) >= 11 is 6.25. The third-order valence-electron chi connectivity index (χ3n) is 4.31. The lowest BCUT2D eigenvalue weighted by atomic mass is 9.99. The second-order valence-corrected chi connectivity index (χ2v) is 6.70. The van der Waals surface area contributed by atoms with Crippen LogP contribution in [0, 0.1) is 0 Å². The van der Waals surface area contributed by atoms with Gasteiger partial charge in [-0.25, -0.2) is 0 Å². The minimum absolute atomic E-state index is 0.107. The molecular formula is C20H21ClO5. The highest BCUT2D eigenvalue weighted by Gasteiger charge is 2.18. The Morgan fingerprint density at radius 2 is 2.04 bits per heavy atom. The second kappa shape index (κ2) is 8.64. The molecule has 1 aliphatic rings. The predicted octanol–water partition coefficient (Wildman–Crippen LogP) is 2.63. The number of rotatable bonds is 7. The van der Waals surface area contributed by atoms with E-state index < -0.39 is 18.5 Å². The molecule has 0 aliphatic carbocycles. The highest BCUT2D eigenvalue weighted by atomic mass is 35.5. The number of ketones is 1. The topological polar surface area (TPSA) is 76.0 Å². The number of hydrogen-bond donors (Lipinski definition) is 2. The van der Waals surface area contributed by atoms with E-state index >= 15 is 0 Å². The van der Waals surface area contributed by atoms with Gasteiger partial charge in [0.05, 0.1) is 19.8 Å². The quantitative estimate of drug-likeness (QED) is 0.726. The van der Waals surface area contributed by atoms with E-state index in [1.807, 2.05) is 24.3 Å². The van der Waals surface area contributed by atoms with Crippen molar-refractivity contribution in [3.05, 3.63) is 64.2 Å². The molecule has 0 bridgehead atoms. The lowest BCUT2D eigenvalue weighted by molar-refractivity contribution is 0.0587. The van der Waals surface area contributed by atoms with Crippen LogP contribution in [0.25, 0.3) is 0 Å². The van der Waals surface area contributed by atoms with E-state index in [0.29, 0.717) is 23.6 Å². The number of aliphatic hydroxyl groups excluding tert-OH is 2. The van der Waals surface area contributed by atoms with Gasteiger partial charge in [-0.2, -0.15) is 0 Å². The molecule has 1 aliphatic heterocycles. The van der Waals surface area contributed by atoms with Gasteiger partial charge in [0, 0.05) is 17.0 Å². The van der Waals surface area contributed by atoms with Crippen LogP contribution < -0.4 is 4.74 Å². The van der Waals surface area contributed by atoms with Gasteiger partial charge in [-0.15, -0.1) is 0 Å². The van der Waals surface area contributed by atoms with Crippen molar-refractivity contribution in [1.82, 2.24) is 0 Å². The molecule has 0 radical (unpaired) electrons. The number of halogens is 1. The van der Waals surface area contributed by atoms with Crippen molar-refractivity contribution < 1.29 is 24.5 Å². The Hall–Kier alpha value is -1.92. The van der Waals surface area contributed by atoms with Crippen molar-refractivity contribution >= 4 is 17.4 Å². The number of carbonyl (C=O) groups excluding carboxylic acids is 1. The fourth-order valence-corrected chi connectivity index (χ4v) is 3.03. The van der Waals surface area contributed by atoms with Crippen LogP contribution in [0.4, 0.5) is 0 Å². The minimum Gasteiger partial charge on any atom is -0.488 e. The van der Waals surface area contributed by atoms with Gasteiger partial charge in [0.15, 0.2) is 5.78 Å². The Morgan fingerprint density at radius 3 is 2.69 bits per heavy atom. The summed E-state index contributed by atoms with van der Waals surface area (Å²) in [6, 6.07) is 12.6. The van der Waals surface area contributed by atoms with E-state index in [4.69, 9.17) is 26.2 Å². The standard InChI is InChI=1S/C20H21ClO5/c21-18-6-3-14(20(24)19(23)11-22)10-15(18)9-13-1-4-16(5-2-13)26-17-7-8-25-12-17/h1-6,10,17,19,22-23H,7-9,11-12H2/t17-,19-/m1/s1. The van der Waals surface area contributed by atoms with Gasteiger partial charge in [-0.05, 0) is 47.9 Å². The Morgan fingerprint density at radius 1 is 1.27 bits per heavy atom. The molecule has 6 heteroatoms. The average Bonchev–Trinajstić information content (AvgIpc) is 3.17. The Kier molecular flexibility index (Phi) is 6.27. The number of benzene rings is 2. The van der Waals surface area contributed by atoms with E-state index in [1.54, 1.807) is 18.2 Å². The van der Waals surface area contributed by atoms with Gasteiger partial charge in [0.1, 0.15) is 18.0 Å². The maximum absolute atomic E-state index is 12.0. The first kappa shape index (κ1) is 18.9. The van der Waals surface area contributed by atoms with E-state index in [2.05, 4.69) is 0 Å². The number of hydrogen-bond acceptors (Lipinski definition) is 5. The molecule has 0 saturated carbocycles. The first-order valence-electron chi connectivity index (χ1n) is 8.51. The Bertz CT molecular complexity index is 753. The molecule has 138 valence electrons. The SMILES string of the molecule is O=C(c1ccc(Cl)c(Cc2ccc(O[C@@H]3CCOC3)cc2)c1)[C@H](O)CO. The third kappa shape index (κ3) is 4.62. The van der Waals surface area contributed by atoms with Crippen LogP contribution in [-0.4, -0.2) is 48.0 Å². The van der Waals surface area contributed by atoms with Crippen molar-refractivity contribution in [3.63, 3.8) is 0 Å². The highest BCUT2D eigenvalue weighted by molar-refractivity contribution is 6.31. The van der Waals surface area contributed by atoms with Crippen molar-refractivity contribution in [2.24, 2.45) is 0 Å². The van der Waals surface area contributed by atoms with Gasteiger partial charge in [-0.3, -0.25) is 4.79 Å². The molecule has 2 N–H and O–H groups in total. The van der Waals surface area contributed by atoms with Crippen molar-refractivity contribution in [1.29, 1.82) is 0 Å². The fraction of sp³-hybridized carbons (Fsp3) is 0.350. The molecule has 0 spiro atoms. The molecule has 0 aromatic heterocycles. The zero-order chi connectivity index (χ0) is 18.5. The van der Waals surface area contributed by atoms with Gasteiger partial charge < -0.3 is 19.7 Å². The number of Topliss-reactive ketones (excluding diaryl/α,β-unsaturated/α-hetero) is 1. The summed E-state index contributed by atoms with van der Waals surface area (Å²) in [6.45, 7) is 0.753. The number of carbonyl (C=O) groups is 1. The monoisotopic (exact) mass is 376 g/mol. The summed E-state index contributed by atoms with van der Waals surface area (Å²) in [5.74, 6) is 0.276. The first-order chi connectivity index (χ1) is 12.6. The molecule has 2 atom stereocenters. The molecule has 2 aromatic rings. The van der Waals surface area contributed by atoms with Crippen LogP contribution in [-0.2, 0) is 11.2 Å².